The highest BCUT2D eigenvalue weighted by atomic mass is 16.5. The van der Waals surface area contributed by atoms with Gasteiger partial charge in [0.15, 0.2) is 0 Å². The van der Waals surface area contributed by atoms with E-state index >= 15 is 0 Å². The SMILES string of the molecule is Cc1nccc(N2CCN(C(=O)c3ccc4c(c3)CC(c3ccccc3)OC4=O)CC2)n1. The Balaban J connectivity index is 1.30. The number of anilines is 1. The fraction of sp³-hybridized carbons (Fsp3) is 0.280. The van der Waals surface area contributed by atoms with Gasteiger partial charge in [-0.25, -0.2) is 14.8 Å². The standard InChI is InChI=1S/C25H24N4O3/c1-17-26-10-9-23(27-17)28-11-13-29(14-12-28)24(30)19-7-8-21-20(15-19)16-22(32-25(21)31)18-5-3-2-4-6-18/h2-10,15,22H,11-14,16H2,1H3. The van der Waals surface area contributed by atoms with Gasteiger partial charge in [-0.3, -0.25) is 4.79 Å². The van der Waals surface area contributed by atoms with Crippen molar-refractivity contribution in [1.82, 2.24) is 14.9 Å². The first-order valence-electron chi connectivity index (χ1n) is 10.8. The summed E-state index contributed by atoms with van der Waals surface area (Å²) in [4.78, 5) is 38.4. The molecule has 162 valence electrons. The summed E-state index contributed by atoms with van der Waals surface area (Å²) in [5, 5.41) is 0. The van der Waals surface area contributed by atoms with Gasteiger partial charge in [0.05, 0.1) is 5.56 Å². The van der Waals surface area contributed by atoms with Crippen LogP contribution in [0.15, 0.2) is 60.8 Å². The summed E-state index contributed by atoms with van der Waals surface area (Å²) in [6, 6.07) is 16.9. The van der Waals surface area contributed by atoms with Crippen LogP contribution in [0.1, 0.15) is 43.8 Å². The van der Waals surface area contributed by atoms with Crippen molar-refractivity contribution in [1.29, 1.82) is 0 Å². The zero-order chi connectivity index (χ0) is 22.1. The molecule has 7 heteroatoms. The predicted octanol–water partition coefficient (Wildman–Crippen LogP) is 3.20. The van der Waals surface area contributed by atoms with Crippen molar-refractivity contribution in [2.75, 3.05) is 31.1 Å². The first-order chi connectivity index (χ1) is 15.6. The number of aryl methyl sites for hydroxylation is 1. The van der Waals surface area contributed by atoms with E-state index in [0.717, 1.165) is 35.9 Å². The van der Waals surface area contributed by atoms with E-state index in [1.807, 2.05) is 54.3 Å². The predicted molar refractivity (Wildman–Crippen MR) is 120 cm³/mol. The summed E-state index contributed by atoms with van der Waals surface area (Å²) in [6.45, 7) is 4.55. The minimum absolute atomic E-state index is 0.0125. The average molecular weight is 428 g/mol. The third kappa shape index (κ3) is 3.93. The second-order valence-electron chi connectivity index (χ2n) is 8.12. The number of carbonyl (C=O) groups is 2. The largest absolute Gasteiger partial charge is 0.454 e. The summed E-state index contributed by atoms with van der Waals surface area (Å²) < 4.78 is 5.63. The summed E-state index contributed by atoms with van der Waals surface area (Å²) >= 11 is 0. The van der Waals surface area contributed by atoms with Crippen LogP contribution in [0, 0.1) is 6.92 Å². The molecule has 2 aliphatic heterocycles. The lowest BCUT2D eigenvalue weighted by atomic mass is 9.93. The lowest BCUT2D eigenvalue weighted by Crippen LogP contribution is -2.49. The normalized spacial score (nSPS) is 18.2. The molecule has 0 aliphatic carbocycles. The Morgan fingerprint density at radius 1 is 1.03 bits per heavy atom. The summed E-state index contributed by atoms with van der Waals surface area (Å²) in [5.41, 5.74) is 2.96. The van der Waals surface area contributed by atoms with Gasteiger partial charge in [0.25, 0.3) is 5.91 Å². The van der Waals surface area contributed by atoms with Crippen LogP contribution >= 0.6 is 0 Å². The molecule has 1 unspecified atom stereocenters. The third-order valence-corrected chi connectivity index (χ3v) is 6.05. The zero-order valence-electron chi connectivity index (χ0n) is 17.9. The number of amides is 1. The smallest absolute Gasteiger partial charge is 0.339 e. The summed E-state index contributed by atoms with van der Waals surface area (Å²) in [7, 11) is 0. The molecule has 2 aliphatic rings. The molecule has 1 atom stereocenters. The molecule has 1 saturated heterocycles. The van der Waals surface area contributed by atoms with Crippen LogP contribution in [0.2, 0.25) is 0 Å². The average Bonchev–Trinajstić information content (AvgIpc) is 2.84. The fourth-order valence-electron chi connectivity index (χ4n) is 4.32. The monoisotopic (exact) mass is 428 g/mol. The molecule has 7 nitrogen and oxygen atoms in total. The minimum atomic E-state index is -0.340. The van der Waals surface area contributed by atoms with Gasteiger partial charge in [0, 0.05) is 44.4 Å². The number of piperazine rings is 1. The summed E-state index contributed by atoms with van der Waals surface area (Å²) in [6.07, 6.45) is 1.99. The number of ether oxygens (including phenoxy) is 1. The van der Waals surface area contributed by atoms with E-state index in [2.05, 4.69) is 14.9 Å². The highest BCUT2D eigenvalue weighted by Gasteiger charge is 2.29. The van der Waals surface area contributed by atoms with Crippen LogP contribution < -0.4 is 4.90 Å². The number of hydrogen-bond acceptors (Lipinski definition) is 6. The van der Waals surface area contributed by atoms with Crippen LogP contribution in [0.4, 0.5) is 5.82 Å². The quantitative estimate of drug-likeness (QED) is 0.597. The maximum Gasteiger partial charge on any atom is 0.339 e. The fourth-order valence-corrected chi connectivity index (χ4v) is 4.32. The Bertz CT molecular complexity index is 1160. The van der Waals surface area contributed by atoms with E-state index in [1.165, 1.54) is 0 Å². The number of esters is 1. The minimum Gasteiger partial charge on any atom is -0.454 e. The first kappa shape index (κ1) is 20.2. The number of nitrogens with zero attached hydrogens (tertiary/aromatic N) is 4. The van der Waals surface area contributed by atoms with Crippen LogP contribution in [-0.4, -0.2) is 52.9 Å². The molecular formula is C25H24N4O3. The van der Waals surface area contributed by atoms with Gasteiger partial charge >= 0.3 is 5.97 Å². The van der Waals surface area contributed by atoms with Crippen molar-refractivity contribution in [2.24, 2.45) is 0 Å². The van der Waals surface area contributed by atoms with E-state index in [1.54, 1.807) is 18.3 Å². The number of carbonyl (C=O) groups excluding carboxylic acids is 2. The van der Waals surface area contributed by atoms with Crippen LogP contribution in [-0.2, 0) is 11.2 Å². The van der Waals surface area contributed by atoms with Crippen molar-refractivity contribution in [2.45, 2.75) is 19.4 Å². The lowest BCUT2D eigenvalue weighted by molar-refractivity contribution is 0.0252. The molecule has 32 heavy (non-hydrogen) atoms. The highest BCUT2D eigenvalue weighted by Crippen LogP contribution is 2.31. The van der Waals surface area contributed by atoms with Crippen LogP contribution in [0.25, 0.3) is 0 Å². The molecule has 1 aromatic heterocycles. The van der Waals surface area contributed by atoms with Gasteiger partial charge in [0.2, 0.25) is 0 Å². The van der Waals surface area contributed by atoms with Gasteiger partial charge in [-0.05, 0) is 42.3 Å². The number of rotatable bonds is 3. The maximum atomic E-state index is 13.2. The van der Waals surface area contributed by atoms with Gasteiger partial charge in [-0.15, -0.1) is 0 Å². The second-order valence-corrected chi connectivity index (χ2v) is 8.12. The Labute approximate surface area is 186 Å². The number of aromatic nitrogens is 2. The van der Waals surface area contributed by atoms with Crippen molar-refractivity contribution >= 4 is 17.7 Å². The Morgan fingerprint density at radius 2 is 1.81 bits per heavy atom. The molecule has 2 aromatic carbocycles. The first-order valence-corrected chi connectivity index (χ1v) is 10.8. The number of benzene rings is 2. The Morgan fingerprint density at radius 3 is 2.56 bits per heavy atom. The van der Waals surface area contributed by atoms with Crippen molar-refractivity contribution in [3.8, 4) is 0 Å². The molecule has 0 radical (unpaired) electrons. The lowest BCUT2D eigenvalue weighted by Gasteiger charge is -2.35. The van der Waals surface area contributed by atoms with Crippen LogP contribution in [0.5, 0.6) is 0 Å². The molecule has 0 bridgehead atoms. The van der Waals surface area contributed by atoms with Crippen molar-refractivity contribution < 1.29 is 14.3 Å². The zero-order valence-corrected chi connectivity index (χ0v) is 17.9. The Hall–Kier alpha value is -3.74. The Kier molecular flexibility index (Phi) is 5.31. The van der Waals surface area contributed by atoms with Gasteiger partial charge < -0.3 is 14.5 Å². The van der Waals surface area contributed by atoms with Gasteiger partial charge in [-0.1, -0.05) is 30.3 Å². The summed E-state index contributed by atoms with van der Waals surface area (Å²) in [5.74, 6) is 1.28. The molecule has 0 N–H and O–H groups in total. The molecule has 3 heterocycles. The molecule has 5 rings (SSSR count). The topological polar surface area (TPSA) is 75.6 Å². The van der Waals surface area contributed by atoms with Gasteiger partial charge in [-0.2, -0.15) is 0 Å². The van der Waals surface area contributed by atoms with Crippen LogP contribution in [0.3, 0.4) is 0 Å². The molecule has 1 fully saturated rings. The number of fused-ring (bicyclic) bond motifs is 1. The van der Waals surface area contributed by atoms with E-state index in [0.29, 0.717) is 30.6 Å². The van der Waals surface area contributed by atoms with E-state index < -0.39 is 0 Å². The number of hydrogen-bond donors (Lipinski definition) is 0. The van der Waals surface area contributed by atoms with Crippen molar-refractivity contribution in [3.63, 3.8) is 0 Å². The highest BCUT2D eigenvalue weighted by molar-refractivity contribution is 5.98. The maximum absolute atomic E-state index is 13.2. The third-order valence-electron chi connectivity index (χ3n) is 6.05. The van der Waals surface area contributed by atoms with Crippen molar-refractivity contribution in [3.05, 3.63) is 88.9 Å². The molecule has 0 saturated carbocycles. The second kappa shape index (κ2) is 8.42. The molecule has 0 spiro atoms. The number of cyclic esters (lactones) is 1. The molecule has 1 amide bonds. The van der Waals surface area contributed by atoms with Gasteiger partial charge in [0.1, 0.15) is 17.7 Å². The van der Waals surface area contributed by atoms with E-state index in [9.17, 15) is 9.59 Å². The van der Waals surface area contributed by atoms with E-state index in [4.69, 9.17) is 4.74 Å². The molecule has 3 aromatic rings. The van der Waals surface area contributed by atoms with E-state index in [-0.39, 0.29) is 18.0 Å². The molecular weight excluding hydrogens is 404 g/mol.